The van der Waals surface area contributed by atoms with E-state index in [4.69, 9.17) is 4.42 Å². The van der Waals surface area contributed by atoms with Crippen LogP contribution < -0.4 is 5.32 Å². The Morgan fingerprint density at radius 3 is 2.88 bits per heavy atom. The van der Waals surface area contributed by atoms with Crippen LogP contribution in [0.25, 0.3) is 11.0 Å². The minimum atomic E-state index is -1.29. The molecule has 0 aliphatic heterocycles. The van der Waals surface area contributed by atoms with E-state index in [-0.39, 0.29) is 24.4 Å². The van der Waals surface area contributed by atoms with E-state index in [1.165, 1.54) is 6.07 Å². The van der Waals surface area contributed by atoms with Crippen LogP contribution in [0.5, 0.6) is 0 Å². The number of hydrogen-bond donors (Lipinski definition) is 3. The summed E-state index contributed by atoms with van der Waals surface area (Å²) >= 11 is 0. The largest absolute Gasteiger partial charge is 0.463 e. The number of aryl methyl sites for hydroxylation is 2. The van der Waals surface area contributed by atoms with Gasteiger partial charge in [0.2, 0.25) is 5.91 Å². The molecule has 7 heteroatoms. The van der Waals surface area contributed by atoms with Crippen molar-refractivity contribution in [3.05, 3.63) is 53.5 Å². The number of para-hydroxylation sites is 1. The fourth-order valence-electron chi connectivity index (χ4n) is 2.57. The van der Waals surface area contributed by atoms with Crippen LogP contribution in [0, 0.1) is 12.7 Å². The van der Waals surface area contributed by atoms with Gasteiger partial charge in [0.05, 0.1) is 12.1 Å². The number of nitrogens with one attached hydrogen (secondary N) is 2. The Bertz CT molecular complexity index is 898. The van der Waals surface area contributed by atoms with Crippen LogP contribution in [-0.2, 0) is 16.8 Å². The van der Waals surface area contributed by atoms with Crippen molar-refractivity contribution in [2.75, 3.05) is 6.54 Å². The number of aromatic amines is 1. The lowest BCUT2D eigenvalue weighted by molar-refractivity contribution is -0.122. The first-order valence-electron chi connectivity index (χ1n) is 8.04. The Morgan fingerprint density at radius 2 is 2.20 bits per heavy atom. The monoisotopic (exact) mass is 345 g/mol. The highest BCUT2D eigenvalue weighted by atomic mass is 19.1. The molecule has 0 radical (unpaired) electrons. The summed E-state index contributed by atoms with van der Waals surface area (Å²) in [6.07, 6.45) is 0.524. The molecular formula is C18H20FN3O3. The van der Waals surface area contributed by atoms with Gasteiger partial charge >= 0.3 is 0 Å². The average molecular weight is 345 g/mol. The smallest absolute Gasteiger partial charge is 0.220 e. The maximum atomic E-state index is 13.6. The molecule has 25 heavy (non-hydrogen) atoms. The Hall–Kier alpha value is -2.67. The standard InChI is InChI=1S/C18H20FN3O3/c1-11-6-7-14(25-11)18(2,24)10-20-16(23)9-8-15-21-13-5-3-4-12(19)17(13)22-15/h3-7,24H,8-10H2,1-2H3,(H,20,23)(H,21,22). The van der Waals surface area contributed by atoms with Crippen LogP contribution in [0.15, 0.2) is 34.7 Å². The predicted octanol–water partition coefficient (Wildman–Crippen LogP) is 2.56. The molecule has 1 unspecified atom stereocenters. The normalized spacial score (nSPS) is 13.8. The fraction of sp³-hybridized carbons (Fsp3) is 0.333. The summed E-state index contributed by atoms with van der Waals surface area (Å²) in [5.41, 5.74) is -0.410. The molecular weight excluding hydrogens is 325 g/mol. The molecule has 0 aliphatic carbocycles. The van der Waals surface area contributed by atoms with Gasteiger partial charge in [0.15, 0.2) is 5.82 Å². The molecule has 0 saturated carbocycles. The van der Waals surface area contributed by atoms with E-state index in [0.29, 0.717) is 29.3 Å². The van der Waals surface area contributed by atoms with Crippen LogP contribution in [0.2, 0.25) is 0 Å². The number of fused-ring (bicyclic) bond motifs is 1. The zero-order chi connectivity index (χ0) is 18.0. The summed E-state index contributed by atoms with van der Waals surface area (Å²) in [5, 5.41) is 13.1. The Balaban J connectivity index is 1.54. The van der Waals surface area contributed by atoms with Crippen molar-refractivity contribution in [3.63, 3.8) is 0 Å². The van der Waals surface area contributed by atoms with Crippen LogP contribution in [0.4, 0.5) is 4.39 Å². The molecule has 0 fully saturated rings. The van der Waals surface area contributed by atoms with Crippen LogP contribution in [-0.4, -0.2) is 27.5 Å². The molecule has 0 saturated heterocycles. The first kappa shape index (κ1) is 17.2. The summed E-state index contributed by atoms with van der Waals surface area (Å²) in [4.78, 5) is 19.2. The number of hydrogen-bond acceptors (Lipinski definition) is 4. The maximum absolute atomic E-state index is 13.6. The third-order valence-electron chi connectivity index (χ3n) is 4.00. The van der Waals surface area contributed by atoms with E-state index in [0.717, 1.165) is 0 Å². The highest BCUT2D eigenvalue weighted by Crippen LogP contribution is 2.22. The molecule has 3 aromatic rings. The van der Waals surface area contributed by atoms with Gasteiger partial charge in [-0.15, -0.1) is 0 Å². The molecule has 1 amide bonds. The van der Waals surface area contributed by atoms with E-state index in [1.54, 1.807) is 38.1 Å². The topological polar surface area (TPSA) is 91.1 Å². The van der Waals surface area contributed by atoms with Crippen molar-refractivity contribution in [1.82, 2.24) is 15.3 Å². The number of amides is 1. The van der Waals surface area contributed by atoms with Gasteiger partial charge in [-0.05, 0) is 38.1 Å². The SMILES string of the molecule is Cc1ccc(C(C)(O)CNC(=O)CCc2nc3c(F)cccc3[nH]2)o1. The Labute approximate surface area is 144 Å². The average Bonchev–Trinajstić information content (AvgIpc) is 3.18. The summed E-state index contributed by atoms with van der Waals surface area (Å²) in [7, 11) is 0. The number of imidazole rings is 1. The number of rotatable bonds is 6. The molecule has 6 nitrogen and oxygen atoms in total. The van der Waals surface area contributed by atoms with E-state index in [2.05, 4.69) is 15.3 Å². The number of benzene rings is 1. The molecule has 0 aliphatic rings. The van der Waals surface area contributed by atoms with Crippen molar-refractivity contribution in [2.24, 2.45) is 0 Å². The molecule has 3 rings (SSSR count). The van der Waals surface area contributed by atoms with Crippen molar-refractivity contribution in [3.8, 4) is 0 Å². The van der Waals surface area contributed by atoms with Crippen molar-refractivity contribution in [2.45, 2.75) is 32.3 Å². The van der Waals surface area contributed by atoms with E-state index < -0.39 is 11.4 Å². The molecule has 1 aromatic carbocycles. The number of carbonyl (C=O) groups excluding carboxylic acids is 1. The van der Waals surface area contributed by atoms with Gasteiger partial charge in [0, 0.05) is 12.8 Å². The number of furan rings is 1. The third kappa shape index (κ3) is 3.88. The summed E-state index contributed by atoms with van der Waals surface area (Å²) in [6.45, 7) is 3.40. The molecule has 0 bridgehead atoms. The number of nitrogens with zero attached hydrogens (tertiary/aromatic N) is 1. The molecule has 3 N–H and O–H groups in total. The van der Waals surface area contributed by atoms with Crippen LogP contribution >= 0.6 is 0 Å². The second kappa shape index (κ2) is 6.68. The summed E-state index contributed by atoms with van der Waals surface area (Å²) in [6, 6.07) is 8.12. The first-order chi connectivity index (χ1) is 11.8. The number of aliphatic hydroxyl groups is 1. The van der Waals surface area contributed by atoms with Gasteiger partial charge in [0.25, 0.3) is 0 Å². The lowest BCUT2D eigenvalue weighted by Crippen LogP contribution is -2.38. The number of aromatic nitrogens is 2. The number of carbonyl (C=O) groups is 1. The minimum absolute atomic E-state index is 0.0353. The first-order valence-corrected chi connectivity index (χ1v) is 8.04. The van der Waals surface area contributed by atoms with Gasteiger partial charge < -0.3 is 19.8 Å². The fourth-order valence-corrected chi connectivity index (χ4v) is 2.57. The summed E-state index contributed by atoms with van der Waals surface area (Å²) in [5.74, 6) is 1.01. The lowest BCUT2D eigenvalue weighted by atomic mass is 10.0. The number of H-pyrrole nitrogens is 1. The minimum Gasteiger partial charge on any atom is -0.463 e. The second-order valence-electron chi connectivity index (χ2n) is 6.28. The Morgan fingerprint density at radius 1 is 1.40 bits per heavy atom. The molecule has 0 spiro atoms. The van der Waals surface area contributed by atoms with Crippen molar-refractivity contribution in [1.29, 1.82) is 0 Å². The number of halogens is 1. The Kier molecular flexibility index (Phi) is 4.59. The van der Waals surface area contributed by atoms with Gasteiger partial charge in [-0.2, -0.15) is 0 Å². The molecule has 2 aromatic heterocycles. The second-order valence-corrected chi connectivity index (χ2v) is 6.28. The quantitative estimate of drug-likeness (QED) is 0.640. The van der Waals surface area contributed by atoms with E-state index in [1.807, 2.05) is 0 Å². The zero-order valence-electron chi connectivity index (χ0n) is 14.1. The lowest BCUT2D eigenvalue weighted by Gasteiger charge is -2.21. The third-order valence-corrected chi connectivity index (χ3v) is 4.00. The van der Waals surface area contributed by atoms with E-state index >= 15 is 0 Å². The molecule has 1 atom stereocenters. The summed E-state index contributed by atoms with van der Waals surface area (Å²) < 4.78 is 19.0. The van der Waals surface area contributed by atoms with Gasteiger partial charge in [0.1, 0.15) is 28.5 Å². The van der Waals surface area contributed by atoms with Gasteiger partial charge in [-0.3, -0.25) is 4.79 Å². The maximum Gasteiger partial charge on any atom is 0.220 e. The van der Waals surface area contributed by atoms with Crippen molar-refractivity contribution >= 4 is 16.9 Å². The van der Waals surface area contributed by atoms with Crippen LogP contribution in [0.3, 0.4) is 0 Å². The highest BCUT2D eigenvalue weighted by molar-refractivity contribution is 5.77. The predicted molar refractivity (Wildman–Crippen MR) is 90.4 cm³/mol. The van der Waals surface area contributed by atoms with Crippen molar-refractivity contribution < 1.29 is 18.7 Å². The molecule has 132 valence electrons. The van der Waals surface area contributed by atoms with Gasteiger partial charge in [-0.25, -0.2) is 9.37 Å². The highest BCUT2D eigenvalue weighted by Gasteiger charge is 2.27. The van der Waals surface area contributed by atoms with Gasteiger partial charge in [-0.1, -0.05) is 6.07 Å². The molecule has 2 heterocycles. The van der Waals surface area contributed by atoms with Crippen LogP contribution in [0.1, 0.15) is 30.7 Å². The zero-order valence-corrected chi connectivity index (χ0v) is 14.1. The van der Waals surface area contributed by atoms with E-state index in [9.17, 15) is 14.3 Å².